The number of halogens is 2. The van der Waals surface area contributed by atoms with Crippen LogP contribution in [0.25, 0.3) is 0 Å². The van der Waals surface area contributed by atoms with Crippen molar-refractivity contribution in [2.24, 2.45) is 12.8 Å². The van der Waals surface area contributed by atoms with Crippen LogP contribution in [0.4, 0.5) is 0 Å². The molecule has 0 amide bonds. The third kappa shape index (κ3) is 3.31. The highest BCUT2D eigenvalue weighted by Gasteiger charge is 2.10. The van der Waals surface area contributed by atoms with Gasteiger partial charge in [-0.15, -0.1) is 0 Å². The first-order valence-electron chi connectivity index (χ1n) is 5.24. The molecule has 3 nitrogen and oxygen atoms in total. The number of aryl methyl sites for hydroxylation is 1. The summed E-state index contributed by atoms with van der Waals surface area (Å²) in [5, 5.41) is 5.00. The molecule has 0 fully saturated rings. The van der Waals surface area contributed by atoms with E-state index in [9.17, 15) is 0 Å². The SMILES string of the molecule is Cn1ccc(CC(N)c2cc(Cl)cc(Br)c2)n1. The van der Waals surface area contributed by atoms with Gasteiger partial charge in [0.05, 0.1) is 5.69 Å². The van der Waals surface area contributed by atoms with E-state index in [2.05, 4.69) is 21.0 Å². The van der Waals surface area contributed by atoms with Gasteiger partial charge >= 0.3 is 0 Å². The van der Waals surface area contributed by atoms with Gasteiger partial charge < -0.3 is 5.73 Å². The van der Waals surface area contributed by atoms with Crippen molar-refractivity contribution < 1.29 is 0 Å². The number of aromatic nitrogens is 2. The zero-order chi connectivity index (χ0) is 12.4. The van der Waals surface area contributed by atoms with Crippen LogP contribution in [0.5, 0.6) is 0 Å². The van der Waals surface area contributed by atoms with Crippen LogP contribution in [0.2, 0.25) is 5.02 Å². The highest BCUT2D eigenvalue weighted by atomic mass is 79.9. The maximum atomic E-state index is 6.15. The van der Waals surface area contributed by atoms with Crippen LogP contribution in [0, 0.1) is 0 Å². The Morgan fingerprint density at radius 2 is 2.24 bits per heavy atom. The fourth-order valence-corrected chi connectivity index (χ4v) is 2.59. The molecule has 0 aliphatic heterocycles. The van der Waals surface area contributed by atoms with Crippen LogP contribution in [0.1, 0.15) is 17.3 Å². The molecule has 0 radical (unpaired) electrons. The third-order valence-corrected chi connectivity index (χ3v) is 3.19. The second kappa shape index (κ2) is 5.21. The number of hydrogen-bond acceptors (Lipinski definition) is 2. The van der Waals surface area contributed by atoms with Crippen molar-refractivity contribution in [2.45, 2.75) is 12.5 Å². The maximum Gasteiger partial charge on any atom is 0.0643 e. The minimum atomic E-state index is -0.0973. The Morgan fingerprint density at radius 1 is 1.47 bits per heavy atom. The molecular formula is C12H13BrClN3. The van der Waals surface area contributed by atoms with Gasteiger partial charge in [0.15, 0.2) is 0 Å². The molecule has 0 aliphatic carbocycles. The smallest absolute Gasteiger partial charge is 0.0643 e. The van der Waals surface area contributed by atoms with E-state index in [1.165, 1.54) is 0 Å². The van der Waals surface area contributed by atoms with Crippen LogP contribution in [-0.4, -0.2) is 9.78 Å². The minimum Gasteiger partial charge on any atom is -0.324 e. The molecule has 5 heteroatoms. The summed E-state index contributed by atoms with van der Waals surface area (Å²) in [5.74, 6) is 0. The second-order valence-corrected chi connectivity index (χ2v) is 5.35. The van der Waals surface area contributed by atoms with E-state index in [-0.39, 0.29) is 6.04 Å². The number of benzene rings is 1. The normalized spacial score (nSPS) is 12.7. The quantitative estimate of drug-likeness (QED) is 0.946. The molecule has 1 atom stereocenters. The second-order valence-electron chi connectivity index (χ2n) is 3.99. The molecule has 1 aromatic carbocycles. The lowest BCUT2D eigenvalue weighted by molar-refractivity contribution is 0.675. The predicted molar refractivity (Wildman–Crippen MR) is 73.0 cm³/mol. The van der Waals surface area contributed by atoms with E-state index in [0.29, 0.717) is 11.4 Å². The summed E-state index contributed by atoms with van der Waals surface area (Å²) >= 11 is 9.41. The monoisotopic (exact) mass is 313 g/mol. The Bertz CT molecular complexity index is 504. The van der Waals surface area contributed by atoms with Gasteiger partial charge in [-0.05, 0) is 29.8 Å². The number of nitrogens with two attached hydrogens (primary N) is 1. The van der Waals surface area contributed by atoms with Crippen LogP contribution >= 0.6 is 27.5 Å². The topological polar surface area (TPSA) is 43.8 Å². The van der Waals surface area contributed by atoms with Crippen molar-refractivity contribution in [3.05, 3.63) is 51.2 Å². The summed E-state index contributed by atoms with van der Waals surface area (Å²) in [6, 6.07) is 7.59. The summed E-state index contributed by atoms with van der Waals surface area (Å²) in [5.41, 5.74) is 8.14. The minimum absolute atomic E-state index is 0.0973. The fourth-order valence-electron chi connectivity index (χ4n) is 1.70. The number of nitrogens with zero attached hydrogens (tertiary/aromatic N) is 2. The molecule has 1 unspecified atom stereocenters. The summed E-state index contributed by atoms with van der Waals surface area (Å²) in [6.07, 6.45) is 2.61. The van der Waals surface area contributed by atoms with Gasteiger partial charge in [-0.1, -0.05) is 27.5 Å². The van der Waals surface area contributed by atoms with Crippen molar-refractivity contribution in [1.82, 2.24) is 9.78 Å². The third-order valence-electron chi connectivity index (χ3n) is 2.51. The van der Waals surface area contributed by atoms with Crippen molar-refractivity contribution in [2.75, 3.05) is 0 Å². The zero-order valence-corrected chi connectivity index (χ0v) is 11.7. The lowest BCUT2D eigenvalue weighted by Gasteiger charge is -2.11. The molecule has 0 saturated heterocycles. The molecule has 0 aliphatic rings. The molecule has 2 aromatic rings. The molecular weight excluding hydrogens is 302 g/mol. The largest absolute Gasteiger partial charge is 0.324 e. The van der Waals surface area contributed by atoms with Crippen LogP contribution in [0.15, 0.2) is 34.9 Å². The molecule has 0 bridgehead atoms. The van der Waals surface area contributed by atoms with Gasteiger partial charge in [0.2, 0.25) is 0 Å². The lowest BCUT2D eigenvalue weighted by Crippen LogP contribution is -2.13. The molecule has 17 heavy (non-hydrogen) atoms. The van der Waals surface area contributed by atoms with Gasteiger partial charge in [0.1, 0.15) is 0 Å². The van der Waals surface area contributed by atoms with Crippen LogP contribution in [0.3, 0.4) is 0 Å². The molecule has 90 valence electrons. The van der Waals surface area contributed by atoms with Crippen molar-refractivity contribution in [1.29, 1.82) is 0 Å². The predicted octanol–water partition coefficient (Wildman–Crippen LogP) is 3.08. The summed E-state index contributed by atoms with van der Waals surface area (Å²) in [6.45, 7) is 0. The average molecular weight is 315 g/mol. The van der Waals surface area contributed by atoms with E-state index >= 15 is 0 Å². The fraction of sp³-hybridized carbons (Fsp3) is 0.250. The Morgan fingerprint density at radius 3 is 2.82 bits per heavy atom. The van der Waals surface area contributed by atoms with E-state index in [1.54, 1.807) is 4.68 Å². The first kappa shape index (κ1) is 12.6. The standard InChI is InChI=1S/C12H13BrClN3/c1-17-3-2-11(16-17)7-12(15)8-4-9(13)6-10(14)5-8/h2-6,12H,7,15H2,1H3. The van der Waals surface area contributed by atoms with E-state index in [4.69, 9.17) is 17.3 Å². The van der Waals surface area contributed by atoms with Crippen molar-refractivity contribution in [3.8, 4) is 0 Å². The van der Waals surface area contributed by atoms with Gasteiger partial charge in [-0.25, -0.2) is 0 Å². The summed E-state index contributed by atoms with van der Waals surface area (Å²) in [4.78, 5) is 0. The zero-order valence-electron chi connectivity index (χ0n) is 9.40. The maximum absolute atomic E-state index is 6.15. The summed E-state index contributed by atoms with van der Waals surface area (Å²) in [7, 11) is 1.89. The summed E-state index contributed by atoms with van der Waals surface area (Å²) < 4.78 is 2.71. The Labute approximate surface area is 114 Å². The Hall–Kier alpha value is -0.840. The van der Waals surface area contributed by atoms with Gasteiger partial charge in [0, 0.05) is 35.2 Å². The van der Waals surface area contributed by atoms with E-state index in [0.717, 1.165) is 15.7 Å². The molecule has 0 saturated carbocycles. The highest BCUT2D eigenvalue weighted by molar-refractivity contribution is 9.10. The Kier molecular flexibility index (Phi) is 3.86. The molecule has 1 aromatic heterocycles. The molecule has 2 rings (SSSR count). The Balaban J connectivity index is 2.16. The van der Waals surface area contributed by atoms with E-state index < -0.39 is 0 Å². The van der Waals surface area contributed by atoms with Gasteiger partial charge in [0.25, 0.3) is 0 Å². The molecule has 1 heterocycles. The van der Waals surface area contributed by atoms with Gasteiger partial charge in [-0.2, -0.15) is 5.10 Å². The van der Waals surface area contributed by atoms with Crippen LogP contribution < -0.4 is 5.73 Å². The molecule has 0 spiro atoms. The molecule has 2 N–H and O–H groups in total. The van der Waals surface area contributed by atoms with Crippen molar-refractivity contribution >= 4 is 27.5 Å². The first-order chi connectivity index (χ1) is 8.04. The van der Waals surface area contributed by atoms with E-state index in [1.807, 2.05) is 37.5 Å². The lowest BCUT2D eigenvalue weighted by atomic mass is 10.0. The van der Waals surface area contributed by atoms with Crippen LogP contribution in [-0.2, 0) is 13.5 Å². The van der Waals surface area contributed by atoms with Gasteiger partial charge in [-0.3, -0.25) is 4.68 Å². The van der Waals surface area contributed by atoms with Crippen molar-refractivity contribution in [3.63, 3.8) is 0 Å². The average Bonchev–Trinajstić information content (AvgIpc) is 2.62. The highest BCUT2D eigenvalue weighted by Crippen LogP contribution is 2.24. The number of hydrogen-bond donors (Lipinski definition) is 1. The number of rotatable bonds is 3. The first-order valence-corrected chi connectivity index (χ1v) is 6.42.